The first-order valence-electron chi connectivity index (χ1n) is 7.94. The molecule has 0 amide bonds. The summed E-state index contributed by atoms with van der Waals surface area (Å²) in [5.74, 6) is -0.0439. The van der Waals surface area contributed by atoms with E-state index in [1.807, 2.05) is 11.5 Å². The van der Waals surface area contributed by atoms with Gasteiger partial charge >= 0.3 is 6.18 Å². The Kier molecular flexibility index (Phi) is 3.56. The van der Waals surface area contributed by atoms with Gasteiger partial charge in [0.05, 0.1) is 11.9 Å². The van der Waals surface area contributed by atoms with E-state index in [4.69, 9.17) is 5.73 Å². The molecule has 134 valence electrons. The van der Waals surface area contributed by atoms with E-state index >= 15 is 0 Å². The third-order valence-electron chi connectivity index (χ3n) is 4.00. The molecule has 1 aromatic carbocycles. The minimum Gasteiger partial charge on any atom is -0.368 e. The van der Waals surface area contributed by atoms with Gasteiger partial charge in [0.15, 0.2) is 22.6 Å². The summed E-state index contributed by atoms with van der Waals surface area (Å²) >= 11 is 0. The molecule has 3 aromatic heterocycles. The molecule has 3 heterocycles. The van der Waals surface area contributed by atoms with E-state index in [0.717, 1.165) is 12.5 Å². The highest BCUT2D eigenvalue weighted by Gasteiger charge is 2.34. The van der Waals surface area contributed by atoms with Gasteiger partial charge in [0, 0.05) is 12.1 Å². The van der Waals surface area contributed by atoms with E-state index in [1.165, 1.54) is 22.7 Å². The zero-order chi connectivity index (χ0) is 18.5. The Balaban J connectivity index is 1.98. The highest BCUT2D eigenvalue weighted by atomic mass is 19.4. The molecule has 0 aliphatic heterocycles. The number of hydrogen-bond donors (Lipinski definition) is 1. The molecule has 0 aliphatic carbocycles. The standard InChI is InChI=1S/C16H14F3N7/c1-2-7-25-8-21-11-13(25)23-15(20)26-14(11)22-12(24-26)9-5-3-4-6-10(9)16(17,18)19/h3-6,8H,2,7H2,1H3,(H2,20,23). The molecule has 26 heavy (non-hydrogen) atoms. The zero-order valence-corrected chi connectivity index (χ0v) is 13.7. The van der Waals surface area contributed by atoms with E-state index in [1.54, 1.807) is 6.33 Å². The van der Waals surface area contributed by atoms with Gasteiger partial charge in [0.2, 0.25) is 5.95 Å². The lowest BCUT2D eigenvalue weighted by molar-refractivity contribution is -0.137. The Bertz CT molecular complexity index is 1110. The molecular weight excluding hydrogens is 347 g/mol. The van der Waals surface area contributed by atoms with Gasteiger partial charge in [0.25, 0.3) is 0 Å². The molecule has 0 unspecified atom stereocenters. The molecule has 0 radical (unpaired) electrons. The van der Waals surface area contributed by atoms with Crippen LogP contribution in [0.5, 0.6) is 0 Å². The Morgan fingerprint density at radius 1 is 1.12 bits per heavy atom. The van der Waals surface area contributed by atoms with Crippen molar-refractivity contribution in [2.75, 3.05) is 5.73 Å². The Hall–Kier alpha value is -3.17. The summed E-state index contributed by atoms with van der Waals surface area (Å²) < 4.78 is 42.9. The molecule has 4 aromatic rings. The summed E-state index contributed by atoms with van der Waals surface area (Å²) in [6.45, 7) is 2.70. The van der Waals surface area contributed by atoms with Gasteiger partial charge in [0.1, 0.15) is 0 Å². The predicted octanol–water partition coefficient (Wildman–Crippen LogP) is 3.15. The molecule has 0 saturated carbocycles. The van der Waals surface area contributed by atoms with Crippen LogP contribution in [0.3, 0.4) is 0 Å². The van der Waals surface area contributed by atoms with E-state index < -0.39 is 11.7 Å². The van der Waals surface area contributed by atoms with Crippen LogP contribution in [0.2, 0.25) is 0 Å². The Morgan fingerprint density at radius 2 is 1.88 bits per heavy atom. The molecule has 10 heteroatoms. The van der Waals surface area contributed by atoms with Crippen molar-refractivity contribution in [3.8, 4) is 11.4 Å². The first kappa shape index (κ1) is 16.3. The summed E-state index contributed by atoms with van der Waals surface area (Å²) in [5.41, 5.74) is 6.26. The number of hydrogen-bond acceptors (Lipinski definition) is 5. The van der Waals surface area contributed by atoms with Gasteiger partial charge in [-0.1, -0.05) is 25.1 Å². The van der Waals surface area contributed by atoms with E-state index in [2.05, 4.69) is 20.1 Å². The van der Waals surface area contributed by atoms with Crippen LogP contribution >= 0.6 is 0 Å². The Labute approximate surface area is 145 Å². The quantitative estimate of drug-likeness (QED) is 0.606. The first-order valence-corrected chi connectivity index (χ1v) is 7.94. The molecule has 0 bridgehead atoms. The Morgan fingerprint density at radius 3 is 2.62 bits per heavy atom. The number of fused-ring (bicyclic) bond motifs is 3. The third-order valence-corrected chi connectivity index (χ3v) is 4.00. The van der Waals surface area contributed by atoms with Crippen LogP contribution in [0.25, 0.3) is 28.2 Å². The maximum atomic E-state index is 13.3. The van der Waals surface area contributed by atoms with Crippen molar-refractivity contribution >= 4 is 22.8 Å². The number of anilines is 1. The number of nitrogen functional groups attached to an aromatic ring is 1. The lowest BCUT2D eigenvalue weighted by atomic mass is 10.1. The maximum absolute atomic E-state index is 13.3. The summed E-state index contributed by atoms with van der Waals surface area (Å²) in [4.78, 5) is 12.8. The van der Waals surface area contributed by atoms with Crippen LogP contribution < -0.4 is 5.73 Å². The van der Waals surface area contributed by atoms with Gasteiger partial charge in [-0.15, -0.1) is 5.10 Å². The van der Waals surface area contributed by atoms with Gasteiger partial charge in [-0.05, 0) is 12.5 Å². The average molecular weight is 361 g/mol. The zero-order valence-electron chi connectivity index (χ0n) is 13.7. The summed E-state index contributed by atoms with van der Waals surface area (Å²) in [5, 5.41) is 4.13. The number of alkyl halides is 3. The van der Waals surface area contributed by atoms with Crippen molar-refractivity contribution in [1.29, 1.82) is 0 Å². The number of aryl methyl sites for hydroxylation is 1. The summed E-state index contributed by atoms with van der Waals surface area (Å²) in [7, 11) is 0. The highest BCUT2D eigenvalue weighted by molar-refractivity contribution is 5.87. The first-order chi connectivity index (χ1) is 12.4. The number of nitrogens with zero attached hydrogens (tertiary/aromatic N) is 6. The number of halogens is 3. The minimum atomic E-state index is -4.52. The van der Waals surface area contributed by atoms with Crippen LogP contribution in [0, 0.1) is 0 Å². The molecular formula is C16H14F3N7. The number of aromatic nitrogens is 6. The van der Waals surface area contributed by atoms with Crippen molar-refractivity contribution in [2.24, 2.45) is 0 Å². The van der Waals surface area contributed by atoms with Gasteiger partial charge in [-0.2, -0.15) is 22.7 Å². The smallest absolute Gasteiger partial charge is 0.368 e. The lowest BCUT2D eigenvalue weighted by Crippen LogP contribution is -2.07. The second-order valence-corrected chi connectivity index (χ2v) is 5.79. The number of imidazole rings is 1. The average Bonchev–Trinajstić information content (AvgIpc) is 3.20. The normalized spacial score (nSPS) is 12.3. The van der Waals surface area contributed by atoms with Crippen molar-refractivity contribution in [3.05, 3.63) is 36.2 Å². The van der Waals surface area contributed by atoms with Crippen molar-refractivity contribution in [1.82, 2.24) is 29.1 Å². The topological polar surface area (TPSA) is 86.9 Å². The fraction of sp³-hybridized carbons (Fsp3) is 0.250. The maximum Gasteiger partial charge on any atom is 0.417 e. The number of nitrogens with two attached hydrogens (primary N) is 1. The monoisotopic (exact) mass is 361 g/mol. The number of benzene rings is 1. The van der Waals surface area contributed by atoms with Crippen molar-refractivity contribution in [3.63, 3.8) is 0 Å². The van der Waals surface area contributed by atoms with Crippen LogP contribution in [-0.2, 0) is 12.7 Å². The molecule has 0 spiro atoms. The van der Waals surface area contributed by atoms with E-state index in [9.17, 15) is 13.2 Å². The second-order valence-electron chi connectivity index (χ2n) is 5.79. The highest BCUT2D eigenvalue weighted by Crippen LogP contribution is 2.36. The number of rotatable bonds is 3. The summed E-state index contributed by atoms with van der Waals surface area (Å²) in [6, 6.07) is 5.15. The molecule has 0 atom stereocenters. The van der Waals surface area contributed by atoms with Crippen molar-refractivity contribution < 1.29 is 13.2 Å². The van der Waals surface area contributed by atoms with E-state index in [-0.39, 0.29) is 23.0 Å². The second kappa shape index (κ2) is 5.68. The lowest BCUT2D eigenvalue weighted by Gasteiger charge is -2.09. The molecule has 0 saturated heterocycles. The molecule has 7 nitrogen and oxygen atoms in total. The predicted molar refractivity (Wildman–Crippen MR) is 89.2 cm³/mol. The minimum absolute atomic E-state index is 0.0357. The molecule has 0 fully saturated rings. The van der Waals surface area contributed by atoms with Crippen molar-refractivity contribution in [2.45, 2.75) is 26.1 Å². The molecule has 0 aliphatic rings. The van der Waals surface area contributed by atoms with Crippen LogP contribution in [-0.4, -0.2) is 29.1 Å². The van der Waals surface area contributed by atoms with Gasteiger partial charge < -0.3 is 10.3 Å². The van der Waals surface area contributed by atoms with Crippen LogP contribution in [0.1, 0.15) is 18.9 Å². The van der Waals surface area contributed by atoms with Crippen LogP contribution in [0.15, 0.2) is 30.6 Å². The fourth-order valence-electron chi connectivity index (χ4n) is 2.88. The summed E-state index contributed by atoms with van der Waals surface area (Å²) in [6.07, 6.45) is -2.04. The van der Waals surface area contributed by atoms with E-state index in [0.29, 0.717) is 17.7 Å². The largest absolute Gasteiger partial charge is 0.417 e. The fourth-order valence-corrected chi connectivity index (χ4v) is 2.88. The third kappa shape index (κ3) is 2.45. The van der Waals surface area contributed by atoms with Gasteiger partial charge in [-0.3, -0.25) is 0 Å². The SMILES string of the molecule is CCCn1cnc2c1nc(N)n1nc(-c3ccccc3C(F)(F)F)nc21. The molecule has 4 rings (SSSR count). The molecule has 2 N–H and O–H groups in total. The van der Waals surface area contributed by atoms with Gasteiger partial charge in [-0.25, -0.2) is 9.97 Å². The van der Waals surface area contributed by atoms with Crippen LogP contribution in [0.4, 0.5) is 19.1 Å².